The summed E-state index contributed by atoms with van der Waals surface area (Å²) in [6, 6.07) is 19.5. The summed E-state index contributed by atoms with van der Waals surface area (Å²) in [5, 5.41) is 2.92. The molecule has 0 bridgehead atoms. The molecule has 0 aliphatic carbocycles. The van der Waals surface area contributed by atoms with Gasteiger partial charge in [0.2, 0.25) is 5.91 Å². The smallest absolute Gasteiger partial charge is 0.333 e. The van der Waals surface area contributed by atoms with E-state index in [-0.39, 0.29) is 25.0 Å². The van der Waals surface area contributed by atoms with Crippen LogP contribution in [0.5, 0.6) is 0 Å². The first-order valence-corrected chi connectivity index (χ1v) is 11.5. The standard InChI is InChI=1S/C26H29N5O3/c1-3-29-18-27-24-23(29)25(33)31(26(34)30(24)16-21-12-8-5-9-13-21)17-22(32)28-19(2)14-15-20-10-6-4-7-11-20/h4-13,18-19H,3,14-17H2,1-2H3,(H,28,32). The number of carbonyl (C=O) groups excluding carboxylic acids is 1. The van der Waals surface area contributed by atoms with Crippen LogP contribution in [0.15, 0.2) is 76.6 Å². The van der Waals surface area contributed by atoms with Crippen LogP contribution in [-0.2, 0) is 30.8 Å². The molecule has 34 heavy (non-hydrogen) atoms. The molecule has 1 N–H and O–H groups in total. The van der Waals surface area contributed by atoms with Crippen molar-refractivity contribution >= 4 is 17.1 Å². The molecule has 2 aromatic heterocycles. The van der Waals surface area contributed by atoms with Gasteiger partial charge in [-0.2, -0.15) is 0 Å². The number of benzene rings is 2. The molecule has 1 amide bonds. The molecule has 2 heterocycles. The van der Waals surface area contributed by atoms with Gasteiger partial charge in [-0.1, -0.05) is 60.7 Å². The number of amides is 1. The third-order valence-corrected chi connectivity index (χ3v) is 5.93. The van der Waals surface area contributed by atoms with Gasteiger partial charge in [-0.3, -0.25) is 14.2 Å². The molecule has 8 heteroatoms. The lowest BCUT2D eigenvalue weighted by Gasteiger charge is -2.16. The molecule has 0 aliphatic rings. The highest BCUT2D eigenvalue weighted by Crippen LogP contribution is 2.10. The molecule has 176 valence electrons. The monoisotopic (exact) mass is 459 g/mol. The maximum atomic E-state index is 13.3. The van der Waals surface area contributed by atoms with Crippen LogP contribution in [0.1, 0.15) is 31.4 Å². The van der Waals surface area contributed by atoms with E-state index >= 15 is 0 Å². The number of hydrogen-bond donors (Lipinski definition) is 1. The molecular weight excluding hydrogens is 430 g/mol. The summed E-state index contributed by atoms with van der Waals surface area (Å²) < 4.78 is 4.18. The van der Waals surface area contributed by atoms with E-state index in [2.05, 4.69) is 22.4 Å². The summed E-state index contributed by atoms with van der Waals surface area (Å²) in [6.45, 7) is 4.27. The third kappa shape index (κ3) is 5.01. The third-order valence-electron chi connectivity index (χ3n) is 5.93. The molecule has 0 spiro atoms. The second-order valence-electron chi connectivity index (χ2n) is 8.44. The van der Waals surface area contributed by atoms with Crippen molar-refractivity contribution in [2.24, 2.45) is 0 Å². The normalized spacial score (nSPS) is 12.1. The van der Waals surface area contributed by atoms with E-state index in [0.29, 0.717) is 17.7 Å². The molecule has 2 aromatic carbocycles. The first-order chi connectivity index (χ1) is 16.5. The average Bonchev–Trinajstić information content (AvgIpc) is 3.29. The van der Waals surface area contributed by atoms with E-state index in [1.165, 1.54) is 10.1 Å². The van der Waals surface area contributed by atoms with Crippen LogP contribution in [-0.4, -0.2) is 30.6 Å². The summed E-state index contributed by atoms with van der Waals surface area (Å²) in [7, 11) is 0. The number of fused-ring (bicyclic) bond motifs is 1. The van der Waals surface area contributed by atoms with Crippen LogP contribution in [0.3, 0.4) is 0 Å². The lowest BCUT2D eigenvalue weighted by molar-refractivity contribution is -0.122. The topological polar surface area (TPSA) is 90.9 Å². The Balaban J connectivity index is 1.59. The summed E-state index contributed by atoms with van der Waals surface area (Å²) in [5.41, 5.74) is 1.70. The second kappa shape index (κ2) is 10.3. The fraction of sp³-hybridized carbons (Fsp3) is 0.308. The Hall–Kier alpha value is -3.94. The Morgan fingerprint density at radius 3 is 2.26 bits per heavy atom. The Morgan fingerprint density at radius 2 is 1.62 bits per heavy atom. The number of nitrogens with zero attached hydrogens (tertiary/aromatic N) is 4. The van der Waals surface area contributed by atoms with Crippen molar-refractivity contribution in [3.63, 3.8) is 0 Å². The van der Waals surface area contributed by atoms with Crippen molar-refractivity contribution in [2.75, 3.05) is 0 Å². The molecule has 0 saturated carbocycles. The van der Waals surface area contributed by atoms with Gasteiger partial charge < -0.3 is 9.88 Å². The minimum Gasteiger partial charge on any atom is -0.352 e. The quantitative estimate of drug-likeness (QED) is 0.417. The average molecular weight is 460 g/mol. The van der Waals surface area contributed by atoms with Crippen LogP contribution >= 0.6 is 0 Å². The van der Waals surface area contributed by atoms with Gasteiger partial charge >= 0.3 is 5.69 Å². The van der Waals surface area contributed by atoms with Gasteiger partial charge in [0.1, 0.15) is 6.54 Å². The zero-order chi connectivity index (χ0) is 24.1. The molecule has 0 radical (unpaired) electrons. The Kier molecular flexibility index (Phi) is 7.06. The first-order valence-electron chi connectivity index (χ1n) is 11.5. The van der Waals surface area contributed by atoms with Gasteiger partial charge in [-0.25, -0.2) is 14.3 Å². The highest BCUT2D eigenvalue weighted by Gasteiger charge is 2.20. The summed E-state index contributed by atoms with van der Waals surface area (Å²) in [4.78, 5) is 43.7. The van der Waals surface area contributed by atoms with E-state index in [1.807, 2.05) is 62.4 Å². The van der Waals surface area contributed by atoms with E-state index in [9.17, 15) is 14.4 Å². The number of aromatic nitrogens is 4. The summed E-state index contributed by atoms with van der Waals surface area (Å²) >= 11 is 0. The number of carbonyl (C=O) groups is 1. The van der Waals surface area contributed by atoms with E-state index in [0.717, 1.165) is 23.0 Å². The van der Waals surface area contributed by atoms with Crippen LogP contribution < -0.4 is 16.6 Å². The van der Waals surface area contributed by atoms with Gasteiger partial charge in [-0.15, -0.1) is 0 Å². The molecule has 1 atom stereocenters. The van der Waals surface area contributed by atoms with Crippen LogP contribution in [0.4, 0.5) is 0 Å². The molecule has 0 aliphatic heterocycles. The van der Waals surface area contributed by atoms with Gasteiger partial charge in [0, 0.05) is 12.6 Å². The maximum absolute atomic E-state index is 13.3. The van der Waals surface area contributed by atoms with Gasteiger partial charge in [0.15, 0.2) is 11.2 Å². The zero-order valence-corrected chi connectivity index (χ0v) is 19.5. The Bertz CT molecular complexity index is 1390. The predicted molar refractivity (Wildman–Crippen MR) is 132 cm³/mol. The molecule has 8 nitrogen and oxygen atoms in total. The molecule has 4 rings (SSSR count). The number of aryl methyl sites for hydroxylation is 2. The number of rotatable bonds is 9. The van der Waals surface area contributed by atoms with Crippen molar-refractivity contribution in [3.8, 4) is 0 Å². The summed E-state index contributed by atoms with van der Waals surface area (Å²) in [6.07, 6.45) is 3.14. The lowest BCUT2D eigenvalue weighted by atomic mass is 10.1. The Morgan fingerprint density at radius 1 is 0.971 bits per heavy atom. The fourth-order valence-electron chi connectivity index (χ4n) is 4.09. The summed E-state index contributed by atoms with van der Waals surface area (Å²) in [5.74, 6) is -0.368. The Labute approximate surface area is 197 Å². The minimum absolute atomic E-state index is 0.0974. The highest BCUT2D eigenvalue weighted by atomic mass is 16.2. The first kappa shape index (κ1) is 23.2. The van der Waals surface area contributed by atoms with Crippen molar-refractivity contribution in [2.45, 2.75) is 52.4 Å². The number of nitrogens with one attached hydrogen (secondary N) is 1. The van der Waals surface area contributed by atoms with Crippen LogP contribution in [0.25, 0.3) is 11.2 Å². The molecular formula is C26H29N5O3. The van der Waals surface area contributed by atoms with Gasteiger partial charge in [-0.05, 0) is 37.8 Å². The fourth-order valence-corrected chi connectivity index (χ4v) is 4.09. The van der Waals surface area contributed by atoms with Gasteiger partial charge in [0.05, 0.1) is 12.9 Å². The molecule has 1 unspecified atom stereocenters. The van der Waals surface area contributed by atoms with Gasteiger partial charge in [0.25, 0.3) is 5.56 Å². The lowest BCUT2D eigenvalue weighted by Crippen LogP contribution is -2.45. The molecule has 0 fully saturated rings. The van der Waals surface area contributed by atoms with E-state index in [4.69, 9.17) is 0 Å². The maximum Gasteiger partial charge on any atom is 0.333 e. The van der Waals surface area contributed by atoms with Crippen molar-refractivity contribution < 1.29 is 4.79 Å². The molecule has 4 aromatic rings. The van der Waals surface area contributed by atoms with Crippen molar-refractivity contribution in [1.29, 1.82) is 0 Å². The zero-order valence-electron chi connectivity index (χ0n) is 19.5. The van der Waals surface area contributed by atoms with Crippen LogP contribution in [0.2, 0.25) is 0 Å². The van der Waals surface area contributed by atoms with Crippen LogP contribution in [0, 0.1) is 0 Å². The van der Waals surface area contributed by atoms with E-state index < -0.39 is 11.2 Å². The minimum atomic E-state index is -0.546. The highest BCUT2D eigenvalue weighted by molar-refractivity contribution is 5.77. The van der Waals surface area contributed by atoms with E-state index in [1.54, 1.807) is 10.9 Å². The largest absolute Gasteiger partial charge is 0.352 e. The second-order valence-corrected chi connectivity index (χ2v) is 8.44. The SMILES string of the molecule is CCn1cnc2c1c(=O)n(CC(=O)NC(C)CCc1ccccc1)c(=O)n2Cc1ccccc1. The predicted octanol–water partition coefficient (Wildman–Crippen LogP) is 2.57. The molecule has 0 saturated heterocycles. The van der Waals surface area contributed by atoms with Crippen molar-refractivity contribution in [3.05, 3.63) is 99.0 Å². The number of hydrogen-bond acceptors (Lipinski definition) is 4. The number of imidazole rings is 1. The van der Waals surface area contributed by atoms with Crippen molar-refractivity contribution in [1.82, 2.24) is 24.0 Å².